The van der Waals surface area contributed by atoms with Crippen molar-refractivity contribution in [3.63, 3.8) is 0 Å². The van der Waals surface area contributed by atoms with Gasteiger partial charge in [-0.1, -0.05) is 0 Å². The van der Waals surface area contributed by atoms with Gasteiger partial charge in [-0.05, 0) is 0 Å². The van der Waals surface area contributed by atoms with Gasteiger partial charge in [-0.2, -0.15) is 13.2 Å². The van der Waals surface area contributed by atoms with Crippen molar-refractivity contribution < 1.29 is 32.7 Å². The zero-order valence-electron chi connectivity index (χ0n) is 5.47. The summed E-state index contributed by atoms with van der Waals surface area (Å²) in [5.74, 6) is -6.57. The van der Waals surface area contributed by atoms with Crippen molar-refractivity contribution in [2.45, 2.75) is 12.6 Å². The second-order valence-corrected chi connectivity index (χ2v) is 1.81. The van der Waals surface area contributed by atoms with Crippen molar-refractivity contribution in [1.82, 2.24) is 0 Å². The Bertz CT molecular complexity index is 229. The predicted molar refractivity (Wildman–Crippen MR) is 25.7 cm³/mol. The molecule has 0 N–H and O–H groups in total. The van der Waals surface area contributed by atoms with Crippen LogP contribution in [0.2, 0.25) is 0 Å². The molecule has 0 unspecified atom stereocenters. The number of carbonyl (C=O) groups is 3. The van der Waals surface area contributed by atoms with Crippen molar-refractivity contribution in [1.29, 1.82) is 0 Å². The van der Waals surface area contributed by atoms with Crippen molar-refractivity contribution in [2.75, 3.05) is 0 Å². The topological polar surface area (TPSA) is 74.3 Å². The number of ketones is 2. The Morgan fingerprint density at radius 1 is 1.17 bits per heavy atom. The zero-order valence-corrected chi connectivity index (χ0v) is 5.47. The Kier molecular flexibility index (Phi) is 2.94. The van der Waals surface area contributed by atoms with Crippen LogP contribution in [0.5, 0.6) is 0 Å². The second kappa shape index (κ2) is 3.33. The molecule has 4 nitrogen and oxygen atoms in total. The first-order valence-electron chi connectivity index (χ1n) is 2.59. The van der Waals surface area contributed by atoms with E-state index in [1.165, 1.54) is 0 Å². The van der Waals surface area contributed by atoms with Gasteiger partial charge in [0.25, 0.3) is 0 Å². The van der Waals surface area contributed by atoms with Gasteiger partial charge in [-0.3, -0.25) is 9.59 Å². The number of carboxylic acids is 1. The Morgan fingerprint density at radius 2 is 1.58 bits per heavy atom. The summed E-state index contributed by atoms with van der Waals surface area (Å²) in [6.07, 6.45) is -6.88. The van der Waals surface area contributed by atoms with Crippen LogP contribution in [0.4, 0.5) is 13.2 Å². The van der Waals surface area contributed by atoms with E-state index in [0.717, 1.165) is 0 Å². The first kappa shape index (κ1) is 10.6. The highest BCUT2D eigenvalue weighted by molar-refractivity contribution is 6.35. The molecule has 0 atom stereocenters. The van der Waals surface area contributed by atoms with Gasteiger partial charge >= 0.3 is 6.18 Å². The number of alkyl halides is 3. The zero-order chi connectivity index (χ0) is 9.94. The molecule has 0 saturated heterocycles. The fourth-order valence-electron chi connectivity index (χ4n) is 0.318. The Balaban J connectivity index is 4.21. The van der Waals surface area contributed by atoms with E-state index in [0.29, 0.717) is 0 Å². The summed E-state index contributed by atoms with van der Waals surface area (Å²) in [6, 6.07) is 0. The van der Waals surface area contributed by atoms with E-state index in [1.807, 2.05) is 0 Å². The smallest absolute Gasteiger partial charge is 0.450 e. The molecule has 7 heteroatoms. The maximum Gasteiger partial charge on any atom is 0.450 e. The summed E-state index contributed by atoms with van der Waals surface area (Å²) in [4.78, 5) is 29.5. The summed E-state index contributed by atoms with van der Waals surface area (Å²) >= 11 is 0. The molecule has 68 valence electrons. The third-order valence-electron chi connectivity index (χ3n) is 0.865. The lowest BCUT2D eigenvalue weighted by Gasteiger charge is -2.03. The fourth-order valence-corrected chi connectivity index (χ4v) is 0.318. The monoisotopic (exact) mass is 183 g/mol. The summed E-state index contributed by atoms with van der Waals surface area (Å²) in [5, 5.41) is 9.58. The lowest BCUT2D eigenvalue weighted by Crippen LogP contribution is -2.35. The predicted octanol–water partition coefficient (Wildman–Crippen LogP) is -1.17. The van der Waals surface area contributed by atoms with Crippen molar-refractivity contribution in [3.8, 4) is 0 Å². The number of hydrogen-bond acceptors (Lipinski definition) is 4. The van der Waals surface area contributed by atoms with Gasteiger partial charge in [-0.25, -0.2) is 0 Å². The molecule has 0 aromatic heterocycles. The minimum Gasteiger partial charge on any atom is -0.542 e. The van der Waals surface area contributed by atoms with Crippen LogP contribution < -0.4 is 5.11 Å². The standard InChI is InChI=1S/C5H3F3O4/c6-5(7,8)3(10)1-2(9)4(11)12/h1H2,(H,11,12)/p-1. The van der Waals surface area contributed by atoms with Gasteiger partial charge in [0.05, 0.1) is 6.42 Å². The average Bonchev–Trinajstić information content (AvgIpc) is 1.85. The molecule has 0 bridgehead atoms. The maximum absolute atomic E-state index is 11.4. The molecule has 0 fully saturated rings. The average molecular weight is 183 g/mol. The number of Topliss-reactive ketones (excluding diaryl/α,β-unsaturated/α-hetero) is 2. The summed E-state index contributed by atoms with van der Waals surface area (Å²) in [5.41, 5.74) is 0. The van der Waals surface area contributed by atoms with Gasteiger partial charge in [0.1, 0.15) is 5.97 Å². The van der Waals surface area contributed by atoms with E-state index in [2.05, 4.69) is 0 Å². The number of aliphatic carboxylic acids is 1. The lowest BCUT2D eigenvalue weighted by atomic mass is 10.2. The lowest BCUT2D eigenvalue weighted by molar-refractivity contribution is -0.300. The number of hydrogen-bond donors (Lipinski definition) is 0. The van der Waals surface area contributed by atoms with Crippen LogP contribution in [0.1, 0.15) is 6.42 Å². The summed E-state index contributed by atoms with van der Waals surface area (Å²) < 4.78 is 34.1. The molecule has 0 radical (unpaired) electrons. The quantitative estimate of drug-likeness (QED) is 0.408. The van der Waals surface area contributed by atoms with E-state index < -0.39 is 30.1 Å². The Morgan fingerprint density at radius 3 is 1.83 bits per heavy atom. The van der Waals surface area contributed by atoms with Crippen molar-refractivity contribution >= 4 is 17.5 Å². The Hall–Kier alpha value is -1.40. The van der Waals surface area contributed by atoms with Crippen LogP contribution in [0.25, 0.3) is 0 Å². The fraction of sp³-hybridized carbons (Fsp3) is 0.400. The van der Waals surface area contributed by atoms with Crippen LogP contribution in [0, 0.1) is 0 Å². The highest BCUT2D eigenvalue weighted by Crippen LogP contribution is 2.17. The molecular weight excluding hydrogens is 181 g/mol. The Labute approximate surface area is 64.0 Å². The van der Waals surface area contributed by atoms with Crippen LogP contribution in [-0.4, -0.2) is 23.7 Å². The van der Waals surface area contributed by atoms with Crippen molar-refractivity contribution in [3.05, 3.63) is 0 Å². The summed E-state index contributed by atoms with van der Waals surface area (Å²) in [6.45, 7) is 0. The van der Waals surface area contributed by atoms with Crippen LogP contribution in [0.15, 0.2) is 0 Å². The highest BCUT2D eigenvalue weighted by Gasteiger charge is 2.39. The van der Waals surface area contributed by atoms with E-state index >= 15 is 0 Å². The first-order chi connectivity index (χ1) is 5.25. The molecule has 0 saturated carbocycles. The molecule has 0 rings (SSSR count). The molecule has 0 amide bonds. The van der Waals surface area contributed by atoms with Gasteiger partial charge in [-0.15, -0.1) is 0 Å². The molecule has 0 aliphatic carbocycles. The van der Waals surface area contributed by atoms with Crippen molar-refractivity contribution in [2.24, 2.45) is 0 Å². The van der Waals surface area contributed by atoms with Gasteiger partial charge in [0, 0.05) is 0 Å². The SMILES string of the molecule is O=C([O-])C(=O)CC(=O)C(F)(F)F. The maximum atomic E-state index is 11.4. The summed E-state index contributed by atoms with van der Waals surface area (Å²) in [7, 11) is 0. The third-order valence-corrected chi connectivity index (χ3v) is 0.865. The van der Waals surface area contributed by atoms with Crippen LogP contribution in [0.3, 0.4) is 0 Å². The molecule has 0 aliphatic rings. The molecule has 0 aromatic carbocycles. The number of halogens is 3. The first-order valence-corrected chi connectivity index (χ1v) is 2.59. The number of carboxylic acid groups (broad SMARTS) is 1. The molecule has 0 heterocycles. The largest absolute Gasteiger partial charge is 0.542 e. The minimum atomic E-state index is -5.18. The van der Waals surface area contributed by atoms with E-state index in [9.17, 15) is 32.7 Å². The molecular formula is C5H2F3O4-. The molecule has 0 aliphatic heterocycles. The third kappa shape index (κ3) is 3.13. The normalized spacial score (nSPS) is 10.9. The highest BCUT2D eigenvalue weighted by atomic mass is 19.4. The van der Waals surface area contributed by atoms with Gasteiger partial charge in [0.15, 0.2) is 5.78 Å². The van der Waals surface area contributed by atoms with E-state index in [-0.39, 0.29) is 0 Å². The molecule has 12 heavy (non-hydrogen) atoms. The van der Waals surface area contributed by atoms with Crippen LogP contribution in [-0.2, 0) is 14.4 Å². The van der Waals surface area contributed by atoms with Gasteiger partial charge < -0.3 is 9.90 Å². The second-order valence-electron chi connectivity index (χ2n) is 1.81. The van der Waals surface area contributed by atoms with E-state index in [4.69, 9.17) is 0 Å². The number of rotatable bonds is 3. The molecule has 0 aromatic rings. The van der Waals surface area contributed by atoms with Gasteiger partial charge in [0.2, 0.25) is 5.78 Å². The minimum absolute atomic E-state index is 1.70. The number of carbonyl (C=O) groups excluding carboxylic acids is 3. The molecule has 0 spiro atoms. The van der Waals surface area contributed by atoms with E-state index in [1.54, 1.807) is 0 Å². The van der Waals surface area contributed by atoms with Crippen LogP contribution >= 0.6 is 0 Å².